The first-order valence-corrected chi connectivity index (χ1v) is 2.85. The predicted octanol–water partition coefficient (Wildman–Crippen LogP) is 1.73. The quantitative estimate of drug-likeness (QED) is 0.522. The van der Waals surface area contributed by atoms with Crippen LogP contribution in [0.25, 0.3) is 0 Å². The smallest absolute Gasteiger partial charge is 0.168 e. The first-order valence-electron chi connectivity index (χ1n) is 2.85. The zero-order chi connectivity index (χ0) is 6.10. The van der Waals surface area contributed by atoms with Crippen molar-refractivity contribution in [2.24, 2.45) is 0 Å². The Kier molecular flexibility index (Phi) is 0.859. The van der Waals surface area contributed by atoms with E-state index in [9.17, 15) is 0 Å². The fraction of sp³-hybridized carbons (Fsp3) is 0.143. The minimum absolute atomic E-state index is 0.845. The van der Waals surface area contributed by atoms with Crippen molar-refractivity contribution in [3.05, 3.63) is 30.4 Å². The van der Waals surface area contributed by atoms with Crippen LogP contribution < -0.4 is 4.74 Å². The molecule has 0 N–H and O–H groups in total. The van der Waals surface area contributed by atoms with Gasteiger partial charge in [-0.3, -0.25) is 0 Å². The van der Waals surface area contributed by atoms with Gasteiger partial charge in [0.05, 0.1) is 12.5 Å². The molecule has 2 rings (SSSR count). The van der Waals surface area contributed by atoms with Crippen LogP contribution in [-0.2, 0) is 6.42 Å². The van der Waals surface area contributed by atoms with Crippen LogP contribution in [0.2, 0.25) is 0 Å². The molecule has 2 nitrogen and oxygen atoms in total. The van der Waals surface area contributed by atoms with E-state index >= 15 is 0 Å². The molecule has 0 radical (unpaired) electrons. The SMILES string of the molecule is C1=COc2ccoc2C1. The number of furan rings is 1. The van der Waals surface area contributed by atoms with Crippen LogP contribution in [0.4, 0.5) is 0 Å². The van der Waals surface area contributed by atoms with Gasteiger partial charge in [-0.15, -0.1) is 0 Å². The molecule has 0 unspecified atom stereocenters. The van der Waals surface area contributed by atoms with Crippen LogP contribution in [0.5, 0.6) is 5.75 Å². The number of hydrogen-bond donors (Lipinski definition) is 0. The molecule has 0 atom stereocenters. The third kappa shape index (κ3) is 0.633. The molecule has 46 valence electrons. The Bertz CT molecular complexity index is 212. The van der Waals surface area contributed by atoms with Gasteiger partial charge in [0.2, 0.25) is 0 Å². The summed E-state index contributed by atoms with van der Waals surface area (Å²) in [7, 11) is 0. The summed E-state index contributed by atoms with van der Waals surface area (Å²) >= 11 is 0. The molecule has 0 fully saturated rings. The van der Waals surface area contributed by atoms with Crippen molar-refractivity contribution in [3.63, 3.8) is 0 Å². The summed E-state index contributed by atoms with van der Waals surface area (Å²) in [5.74, 6) is 1.76. The number of rotatable bonds is 0. The van der Waals surface area contributed by atoms with E-state index in [1.54, 1.807) is 12.5 Å². The fourth-order valence-corrected chi connectivity index (χ4v) is 0.859. The summed E-state index contributed by atoms with van der Waals surface area (Å²) in [4.78, 5) is 0. The Morgan fingerprint density at radius 3 is 3.33 bits per heavy atom. The summed E-state index contributed by atoms with van der Waals surface area (Å²) in [6, 6.07) is 1.82. The van der Waals surface area contributed by atoms with Crippen molar-refractivity contribution >= 4 is 0 Å². The average Bonchev–Trinajstić information content (AvgIpc) is 2.33. The van der Waals surface area contributed by atoms with Gasteiger partial charge in [-0.05, 0) is 6.08 Å². The second-order valence-corrected chi connectivity index (χ2v) is 1.90. The van der Waals surface area contributed by atoms with E-state index in [1.165, 1.54) is 0 Å². The normalized spacial score (nSPS) is 14.7. The van der Waals surface area contributed by atoms with Crippen LogP contribution in [0.3, 0.4) is 0 Å². The molecule has 1 aromatic heterocycles. The lowest BCUT2D eigenvalue weighted by Gasteiger charge is -2.02. The number of allylic oxidation sites excluding steroid dienone is 1. The highest BCUT2D eigenvalue weighted by molar-refractivity contribution is 5.29. The molecule has 0 amide bonds. The standard InChI is InChI=1S/C7H6O2/c1-2-6-7(8-4-1)3-5-9-6/h1,3-5H,2H2. The lowest BCUT2D eigenvalue weighted by atomic mass is 10.3. The molecule has 2 heterocycles. The van der Waals surface area contributed by atoms with Crippen molar-refractivity contribution in [3.8, 4) is 5.75 Å². The molecule has 0 saturated heterocycles. The lowest BCUT2D eigenvalue weighted by molar-refractivity contribution is 0.427. The van der Waals surface area contributed by atoms with Crippen molar-refractivity contribution in [1.29, 1.82) is 0 Å². The Labute approximate surface area is 52.7 Å². The van der Waals surface area contributed by atoms with Crippen LogP contribution in [0, 0.1) is 0 Å². The van der Waals surface area contributed by atoms with E-state index in [4.69, 9.17) is 9.15 Å². The topological polar surface area (TPSA) is 22.4 Å². The zero-order valence-corrected chi connectivity index (χ0v) is 4.83. The summed E-state index contributed by atoms with van der Waals surface area (Å²) in [5.41, 5.74) is 0. The van der Waals surface area contributed by atoms with E-state index in [0.717, 1.165) is 17.9 Å². The van der Waals surface area contributed by atoms with E-state index in [2.05, 4.69) is 0 Å². The summed E-state index contributed by atoms with van der Waals surface area (Å²) in [5, 5.41) is 0. The van der Waals surface area contributed by atoms with E-state index in [1.807, 2.05) is 12.1 Å². The monoisotopic (exact) mass is 122 g/mol. The highest BCUT2D eigenvalue weighted by atomic mass is 16.5. The highest BCUT2D eigenvalue weighted by Crippen LogP contribution is 2.23. The third-order valence-corrected chi connectivity index (χ3v) is 1.30. The Morgan fingerprint density at radius 1 is 1.44 bits per heavy atom. The molecule has 0 spiro atoms. The van der Waals surface area contributed by atoms with Gasteiger partial charge < -0.3 is 9.15 Å². The maximum atomic E-state index is 5.09. The molecule has 0 bridgehead atoms. The van der Waals surface area contributed by atoms with Gasteiger partial charge in [-0.1, -0.05) is 0 Å². The van der Waals surface area contributed by atoms with Gasteiger partial charge >= 0.3 is 0 Å². The van der Waals surface area contributed by atoms with Crippen LogP contribution >= 0.6 is 0 Å². The van der Waals surface area contributed by atoms with Gasteiger partial charge in [-0.25, -0.2) is 0 Å². The number of hydrogen-bond acceptors (Lipinski definition) is 2. The molecule has 1 aromatic rings. The fourth-order valence-electron chi connectivity index (χ4n) is 0.859. The first kappa shape index (κ1) is 4.68. The first-order chi connectivity index (χ1) is 4.47. The van der Waals surface area contributed by atoms with Crippen LogP contribution in [0.15, 0.2) is 29.1 Å². The van der Waals surface area contributed by atoms with Gasteiger partial charge in [0.15, 0.2) is 5.75 Å². The van der Waals surface area contributed by atoms with Crippen molar-refractivity contribution in [2.75, 3.05) is 0 Å². The second-order valence-electron chi connectivity index (χ2n) is 1.90. The molecule has 0 saturated carbocycles. The van der Waals surface area contributed by atoms with E-state index in [0.29, 0.717) is 0 Å². The summed E-state index contributed by atoms with van der Waals surface area (Å²) < 4.78 is 10.2. The maximum absolute atomic E-state index is 5.09. The van der Waals surface area contributed by atoms with Gasteiger partial charge in [0.25, 0.3) is 0 Å². The summed E-state index contributed by atoms with van der Waals surface area (Å²) in [6.07, 6.45) is 6.09. The number of fused-ring (bicyclic) bond motifs is 1. The predicted molar refractivity (Wildman–Crippen MR) is 32.2 cm³/mol. The van der Waals surface area contributed by atoms with Crippen LogP contribution in [0.1, 0.15) is 5.76 Å². The van der Waals surface area contributed by atoms with Crippen molar-refractivity contribution in [2.45, 2.75) is 6.42 Å². The highest BCUT2D eigenvalue weighted by Gasteiger charge is 2.07. The molecule has 2 heteroatoms. The number of ether oxygens (including phenoxy) is 1. The molecular formula is C7H6O2. The average molecular weight is 122 g/mol. The molecule has 0 aromatic carbocycles. The van der Waals surface area contributed by atoms with Crippen molar-refractivity contribution in [1.82, 2.24) is 0 Å². The van der Waals surface area contributed by atoms with Gasteiger partial charge in [0.1, 0.15) is 5.76 Å². The molecule has 1 aliphatic heterocycles. The van der Waals surface area contributed by atoms with Gasteiger partial charge in [-0.2, -0.15) is 0 Å². The largest absolute Gasteiger partial charge is 0.465 e. The molecule has 9 heavy (non-hydrogen) atoms. The lowest BCUT2D eigenvalue weighted by Crippen LogP contribution is -1.90. The molecular weight excluding hydrogens is 116 g/mol. The minimum Gasteiger partial charge on any atom is -0.465 e. The second kappa shape index (κ2) is 1.65. The zero-order valence-electron chi connectivity index (χ0n) is 4.83. The van der Waals surface area contributed by atoms with Crippen LogP contribution in [-0.4, -0.2) is 0 Å². The summed E-state index contributed by atoms with van der Waals surface area (Å²) in [6.45, 7) is 0. The van der Waals surface area contributed by atoms with Crippen molar-refractivity contribution < 1.29 is 9.15 Å². The molecule has 1 aliphatic rings. The van der Waals surface area contributed by atoms with Gasteiger partial charge in [0, 0.05) is 12.5 Å². The van der Waals surface area contributed by atoms with E-state index < -0.39 is 0 Å². The Balaban J connectivity index is 2.46. The van der Waals surface area contributed by atoms with E-state index in [-0.39, 0.29) is 0 Å². The molecule has 0 aliphatic carbocycles. The minimum atomic E-state index is 0.845. The Morgan fingerprint density at radius 2 is 2.44 bits per heavy atom. The Hall–Kier alpha value is -1.18. The maximum Gasteiger partial charge on any atom is 0.168 e. The third-order valence-electron chi connectivity index (χ3n) is 1.30.